The van der Waals surface area contributed by atoms with Gasteiger partial charge in [0, 0.05) is 13.3 Å². The van der Waals surface area contributed by atoms with Crippen molar-refractivity contribution in [1.82, 2.24) is 5.32 Å². The lowest BCUT2D eigenvalue weighted by Crippen LogP contribution is -2.41. The molecular formula is C18H19NO5. The zero-order valence-corrected chi connectivity index (χ0v) is 13.5. The van der Waals surface area contributed by atoms with Gasteiger partial charge in [-0.05, 0) is 42.0 Å². The highest BCUT2D eigenvalue weighted by molar-refractivity contribution is 5.82. The molecule has 126 valence electrons. The van der Waals surface area contributed by atoms with Crippen LogP contribution in [0.4, 0.5) is 0 Å². The van der Waals surface area contributed by atoms with Crippen LogP contribution in [0, 0.1) is 0 Å². The first-order valence-corrected chi connectivity index (χ1v) is 7.38. The van der Waals surface area contributed by atoms with E-state index in [0.29, 0.717) is 11.5 Å². The van der Waals surface area contributed by atoms with Crippen molar-refractivity contribution in [2.45, 2.75) is 19.4 Å². The Balaban J connectivity index is 2.01. The van der Waals surface area contributed by atoms with Crippen molar-refractivity contribution in [2.24, 2.45) is 0 Å². The minimum Gasteiger partial charge on any atom is -0.497 e. The number of hydrogen-bond acceptors (Lipinski definition) is 4. The monoisotopic (exact) mass is 329 g/mol. The second-order valence-corrected chi connectivity index (χ2v) is 5.22. The number of carbonyl (C=O) groups is 2. The van der Waals surface area contributed by atoms with Crippen molar-refractivity contribution in [3.8, 4) is 17.2 Å². The van der Waals surface area contributed by atoms with Crippen LogP contribution in [-0.2, 0) is 16.0 Å². The van der Waals surface area contributed by atoms with E-state index >= 15 is 0 Å². The largest absolute Gasteiger partial charge is 0.497 e. The Morgan fingerprint density at radius 2 is 1.50 bits per heavy atom. The molecule has 0 aliphatic heterocycles. The molecule has 0 unspecified atom stereocenters. The van der Waals surface area contributed by atoms with Gasteiger partial charge in [0.1, 0.15) is 23.3 Å². The van der Waals surface area contributed by atoms with Crippen LogP contribution < -0.4 is 14.8 Å². The molecule has 6 heteroatoms. The van der Waals surface area contributed by atoms with E-state index in [1.165, 1.54) is 6.92 Å². The van der Waals surface area contributed by atoms with E-state index in [4.69, 9.17) is 14.6 Å². The number of aliphatic carboxylic acids is 1. The van der Waals surface area contributed by atoms with Crippen LogP contribution in [0.3, 0.4) is 0 Å². The quantitative estimate of drug-likeness (QED) is 0.815. The average Bonchev–Trinajstić information content (AvgIpc) is 2.56. The van der Waals surface area contributed by atoms with Gasteiger partial charge >= 0.3 is 5.97 Å². The number of carbonyl (C=O) groups excluding carboxylic acids is 1. The predicted octanol–water partition coefficient (Wildman–Crippen LogP) is 2.62. The number of carboxylic acids is 1. The van der Waals surface area contributed by atoms with E-state index in [0.717, 1.165) is 11.3 Å². The Hall–Kier alpha value is -3.02. The Morgan fingerprint density at radius 3 is 1.96 bits per heavy atom. The smallest absolute Gasteiger partial charge is 0.326 e. The number of rotatable bonds is 7. The minimum absolute atomic E-state index is 0.206. The first-order valence-electron chi connectivity index (χ1n) is 7.38. The molecule has 1 atom stereocenters. The summed E-state index contributed by atoms with van der Waals surface area (Å²) in [5.74, 6) is 0.613. The summed E-state index contributed by atoms with van der Waals surface area (Å²) < 4.78 is 10.8. The minimum atomic E-state index is -1.07. The van der Waals surface area contributed by atoms with Gasteiger partial charge in [0.15, 0.2) is 0 Å². The number of benzene rings is 2. The highest BCUT2D eigenvalue weighted by Crippen LogP contribution is 2.24. The molecule has 2 aromatic carbocycles. The molecule has 0 bridgehead atoms. The van der Waals surface area contributed by atoms with Crippen LogP contribution >= 0.6 is 0 Å². The lowest BCUT2D eigenvalue weighted by molar-refractivity contribution is -0.141. The van der Waals surface area contributed by atoms with Crippen molar-refractivity contribution in [1.29, 1.82) is 0 Å². The topological polar surface area (TPSA) is 84.9 Å². The predicted molar refractivity (Wildman–Crippen MR) is 88.5 cm³/mol. The number of carboxylic acid groups (broad SMARTS) is 1. The number of nitrogens with one attached hydrogen (secondary N) is 1. The molecule has 0 saturated heterocycles. The number of amides is 1. The SMILES string of the molecule is COc1ccc(Oc2ccc(C[C@H](NC(C)=O)C(=O)O)cc2)cc1. The molecule has 0 aliphatic rings. The molecule has 6 nitrogen and oxygen atoms in total. The summed E-state index contributed by atoms with van der Waals surface area (Å²) >= 11 is 0. The van der Waals surface area contributed by atoms with Crippen molar-refractivity contribution < 1.29 is 24.2 Å². The van der Waals surface area contributed by atoms with Gasteiger partial charge in [0.25, 0.3) is 0 Å². The van der Waals surface area contributed by atoms with Gasteiger partial charge in [-0.3, -0.25) is 4.79 Å². The lowest BCUT2D eigenvalue weighted by Gasteiger charge is -2.13. The summed E-state index contributed by atoms with van der Waals surface area (Å²) in [6.45, 7) is 1.29. The molecule has 0 fully saturated rings. The van der Waals surface area contributed by atoms with Crippen molar-refractivity contribution in [2.75, 3.05) is 7.11 Å². The summed E-state index contributed by atoms with van der Waals surface area (Å²) in [6, 6.07) is 13.3. The van der Waals surface area contributed by atoms with Crippen LogP contribution in [0.1, 0.15) is 12.5 Å². The van der Waals surface area contributed by atoms with E-state index < -0.39 is 12.0 Å². The lowest BCUT2D eigenvalue weighted by atomic mass is 10.1. The Kier molecular flexibility index (Phi) is 5.78. The maximum atomic E-state index is 11.2. The van der Waals surface area contributed by atoms with E-state index in [2.05, 4.69) is 5.32 Å². The maximum absolute atomic E-state index is 11.2. The molecule has 2 aromatic rings. The second-order valence-electron chi connectivity index (χ2n) is 5.22. The highest BCUT2D eigenvalue weighted by Gasteiger charge is 2.18. The molecule has 0 saturated carbocycles. The fraction of sp³-hybridized carbons (Fsp3) is 0.222. The summed E-state index contributed by atoms with van der Waals surface area (Å²) in [5.41, 5.74) is 0.790. The third-order valence-corrected chi connectivity index (χ3v) is 3.33. The summed E-state index contributed by atoms with van der Waals surface area (Å²) in [7, 11) is 1.60. The molecule has 0 heterocycles. The normalized spacial score (nSPS) is 11.4. The first-order chi connectivity index (χ1) is 11.5. The Bertz CT molecular complexity index is 694. The Labute approximate surface area is 140 Å². The molecule has 0 spiro atoms. The summed E-state index contributed by atoms with van der Waals surface area (Å²) in [6.07, 6.45) is 0.206. The van der Waals surface area contributed by atoms with Gasteiger partial charge in [0.05, 0.1) is 7.11 Å². The van der Waals surface area contributed by atoms with Gasteiger partial charge in [-0.2, -0.15) is 0 Å². The molecule has 24 heavy (non-hydrogen) atoms. The third kappa shape index (κ3) is 5.01. The first kappa shape index (κ1) is 17.3. The van der Waals surface area contributed by atoms with E-state index in [-0.39, 0.29) is 12.3 Å². The van der Waals surface area contributed by atoms with E-state index in [1.54, 1.807) is 55.6 Å². The summed E-state index contributed by atoms with van der Waals surface area (Å²) in [4.78, 5) is 22.2. The van der Waals surface area contributed by atoms with Crippen molar-refractivity contribution >= 4 is 11.9 Å². The Morgan fingerprint density at radius 1 is 1.00 bits per heavy atom. The summed E-state index contributed by atoms with van der Waals surface area (Å²) in [5, 5.41) is 11.5. The van der Waals surface area contributed by atoms with Crippen LogP contribution in [0.15, 0.2) is 48.5 Å². The second kappa shape index (κ2) is 8.01. The molecular weight excluding hydrogens is 310 g/mol. The van der Waals surface area contributed by atoms with Crippen molar-refractivity contribution in [3.63, 3.8) is 0 Å². The number of ether oxygens (including phenoxy) is 2. The van der Waals surface area contributed by atoms with Crippen LogP contribution in [0.25, 0.3) is 0 Å². The highest BCUT2D eigenvalue weighted by atomic mass is 16.5. The van der Waals surface area contributed by atoms with Crippen LogP contribution in [-0.4, -0.2) is 30.1 Å². The van der Waals surface area contributed by atoms with Gasteiger partial charge in [-0.15, -0.1) is 0 Å². The molecule has 0 aliphatic carbocycles. The van der Waals surface area contributed by atoms with E-state index in [1.807, 2.05) is 0 Å². The third-order valence-electron chi connectivity index (χ3n) is 3.33. The van der Waals surface area contributed by atoms with Gasteiger partial charge in [0.2, 0.25) is 5.91 Å². The standard InChI is InChI=1S/C18H19NO5/c1-12(20)19-17(18(21)22)11-13-3-5-15(6-4-13)24-16-9-7-14(23-2)8-10-16/h3-10,17H,11H2,1-2H3,(H,19,20)(H,21,22)/t17-/m0/s1. The molecule has 0 aromatic heterocycles. The van der Waals surface area contributed by atoms with E-state index in [9.17, 15) is 9.59 Å². The fourth-order valence-electron chi connectivity index (χ4n) is 2.15. The fourth-order valence-corrected chi connectivity index (χ4v) is 2.15. The zero-order chi connectivity index (χ0) is 17.5. The zero-order valence-electron chi connectivity index (χ0n) is 13.5. The van der Waals surface area contributed by atoms with Gasteiger partial charge < -0.3 is 19.9 Å². The molecule has 2 N–H and O–H groups in total. The van der Waals surface area contributed by atoms with Gasteiger partial charge in [-0.1, -0.05) is 12.1 Å². The number of methoxy groups -OCH3 is 1. The van der Waals surface area contributed by atoms with Crippen molar-refractivity contribution in [3.05, 3.63) is 54.1 Å². The average molecular weight is 329 g/mol. The molecule has 1 amide bonds. The van der Waals surface area contributed by atoms with Crippen LogP contribution in [0.2, 0.25) is 0 Å². The number of hydrogen-bond donors (Lipinski definition) is 2. The van der Waals surface area contributed by atoms with Crippen LogP contribution in [0.5, 0.6) is 17.2 Å². The maximum Gasteiger partial charge on any atom is 0.326 e. The molecule has 0 radical (unpaired) electrons. The van der Waals surface area contributed by atoms with Gasteiger partial charge in [-0.25, -0.2) is 4.79 Å². The molecule has 2 rings (SSSR count).